The lowest BCUT2D eigenvalue weighted by Crippen LogP contribution is -2.48. The first-order valence-electron chi connectivity index (χ1n) is 9.29. The molecule has 2 amide bonds. The number of carbonyl (C=O) groups is 1. The number of anilines is 1. The number of carbonyl (C=O) groups excluding carboxylic acids is 1. The van der Waals surface area contributed by atoms with Crippen LogP contribution in [0.15, 0.2) is 42.7 Å². The summed E-state index contributed by atoms with van der Waals surface area (Å²) < 4.78 is 3.20. The Kier molecular flexibility index (Phi) is 4.22. The zero-order valence-corrected chi connectivity index (χ0v) is 16.3. The van der Waals surface area contributed by atoms with Gasteiger partial charge in [0, 0.05) is 55.5 Å². The van der Waals surface area contributed by atoms with E-state index in [1.54, 1.807) is 11.3 Å². The summed E-state index contributed by atoms with van der Waals surface area (Å²) >= 11 is 1.62. The number of aromatic nitrogens is 3. The number of pyridine rings is 1. The van der Waals surface area contributed by atoms with Crippen LogP contribution in [0.5, 0.6) is 0 Å². The number of aryl methyl sites for hydroxylation is 1. The second kappa shape index (κ2) is 6.88. The van der Waals surface area contributed by atoms with Gasteiger partial charge < -0.3 is 15.5 Å². The van der Waals surface area contributed by atoms with Crippen LogP contribution in [0.1, 0.15) is 5.69 Å². The van der Waals surface area contributed by atoms with Crippen LogP contribution in [0, 0.1) is 6.92 Å². The van der Waals surface area contributed by atoms with Crippen LogP contribution in [0.3, 0.4) is 0 Å². The van der Waals surface area contributed by atoms with E-state index in [2.05, 4.69) is 26.2 Å². The monoisotopic (exact) mass is 392 g/mol. The highest BCUT2D eigenvalue weighted by atomic mass is 32.1. The van der Waals surface area contributed by atoms with Crippen molar-refractivity contribution in [3.8, 4) is 11.3 Å². The topological polar surface area (TPSA) is 74.6 Å². The largest absolute Gasteiger partial charge is 0.322 e. The van der Waals surface area contributed by atoms with Crippen LogP contribution >= 0.6 is 11.3 Å². The molecule has 0 unspecified atom stereocenters. The molecular weight excluding hydrogens is 372 g/mol. The van der Waals surface area contributed by atoms with Crippen LogP contribution in [0.25, 0.3) is 26.4 Å². The Labute approximate surface area is 166 Å². The number of benzene rings is 1. The molecule has 0 radical (unpaired) electrons. The van der Waals surface area contributed by atoms with Crippen LogP contribution in [-0.4, -0.2) is 51.5 Å². The first-order valence-corrected chi connectivity index (χ1v) is 10.1. The third kappa shape index (κ3) is 3.10. The Morgan fingerprint density at radius 1 is 1.21 bits per heavy atom. The molecule has 0 bridgehead atoms. The minimum absolute atomic E-state index is 0.0440. The predicted molar refractivity (Wildman–Crippen MR) is 112 cm³/mol. The molecular formula is C20H20N6OS. The van der Waals surface area contributed by atoms with Gasteiger partial charge in [-0.05, 0) is 37.3 Å². The van der Waals surface area contributed by atoms with Gasteiger partial charge in [-0.2, -0.15) is 0 Å². The van der Waals surface area contributed by atoms with Gasteiger partial charge in [-0.3, -0.25) is 9.38 Å². The van der Waals surface area contributed by atoms with Crippen molar-refractivity contribution in [3.63, 3.8) is 0 Å². The number of nitrogens with zero attached hydrogens (tertiary/aromatic N) is 4. The number of nitrogens with one attached hydrogen (secondary N) is 2. The zero-order valence-electron chi connectivity index (χ0n) is 15.5. The molecule has 28 heavy (non-hydrogen) atoms. The van der Waals surface area contributed by atoms with E-state index in [1.807, 2.05) is 48.4 Å². The first kappa shape index (κ1) is 17.2. The molecule has 1 fully saturated rings. The highest BCUT2D eigenvalue weighted by Gasteiger charge is 2.17. The van der Waals surface area contributed by atoms with Gasteiger partial charge in [0.2, 0.25) is 0 Å². The fourth-order valence-corrected chi connectivity index (χ4v) is 4.54. The van der Waals surface area contributed by atoms with E-state index in [0.717, 1.165) is 64.0 Å². The van der Waals surface area contributed by atoms with Crippen molar-refractivity contribution in [3.05, 3.63) is 48.4 Å². The number of piperazine rings is 1. The van der Waals surface area contributed by atoms with Gasteiger partial charge in [0.1, 0.15) is 0 Å². The maximum Gasteiger partial charge on any atom is 0.321 e. The maximum atomic E-state index is 12.4. The number of amides is 2. The van der Waals surface area contributed by atoms with Crippen molar-refractivity contribution in [2.24, 2.45) is 0 Å². The maximum absolute atomic E-state index is 12.4. The molecule has 1 aromatic carbocycles. The van der Waals surface area contributed by atoms with Gasteiger partial charge in [-0.1, -0.05) is 11.3 Å². The number of hydrogen-bond donors (Lipinski definition) is 2. The zero-order chi connectivity index (χ0) is 19.1. The molecule has 8 heteroatoms. The minimum Gasteiger partial charge on any atom is -0.322 e. The van der Waals surface area contributed by atoms with Crippen LogP contribution < -0.4 is 10.6 Å². The van der Waals surface area contributed by atoms with E-state index < -0.39 is 0 Å². The number of urea groups is 1. The number of imidazole rings is 1. The van der Waals surface area contributed by atoms with E-state index in [0.29, 0.717) is 0 Å². The summed E-state index contributed by atoms with van der Waals surface area (Å²) in [6.45, 7) is 5.13. The highest BCUT2D eigenvalue weighted by Crippen LogP contribution is 2.31. The quantitative estimate of drug-likeness (QED) is 0.549. The van der Waals surface area contributed by atoms with Crippen molar-refractivity contribution >= 4 is 38.2 Å². The normalized spacial score (nSPS) is 14.7. The Hall–Kier alpha value is -2.97. The molecule has 7 nitrogen and oxygen atoms in total. The molecule has 0 atom stereocenters. The lowest BCUT2D eigenvalue weighted by molar-refractivity contribution is 0.204. The molecule has 5 rings (SSSR count). The molecule has 4 aromatic rings. The molecule has 0 saturated carbocycles. The Balaban J connectivity index is 1.43. The van der Waals surface area contributed by atoms with E-state index in [4.69, 9.17) is 4.98 Å². The summed E-state index contributed by atoms with van der Waals surface area (Å²) in [6.07, 6.45) is 3.87. The lowest BCUT2D eigenvalue weighted by Gasteiger charge is -2.27. The fraction of sp³-hybridized carbons (Fsp3) is 0.250. The predicted octanol–water partition coefficient (Wildman–Crippen LogP) is 3.36. The summed E-state index contributed by atoms with van der Waals surface area (Å²) in [6, 6.07) is 9.98. The van der Waals surface area contributed by atoms with Gasteiger partial charge in [-0.25, -0.2) is 9.78 Å². The summed E-state index contributed by atoms with van der Waals surface area (Å²) in [4.78, 5) is 24.2. The number of thiazole rings is 1. The van der Waals surface area contributed by atoms with Crippen LogP contribution in [0.2, 0.25) is 0 Å². The van der Waals surface area contributed by atoms with Crippen molar-refractivity contribution in [1.29, 1.82) is 0 Å². The average molecular weight is 392 g/mol. The van der Waals surface area contributed by atoms with Crippen molar-refractivity contribution in [2.45, 2.75) is 6.92 Å². The second-order valence-electron chi connectivity index (χ2n) is 6.92. The van der Waals surface area contributed by atoms with Crippen LogP contribution in [0.4, 0.5) is 10.5 Å². The Bertz CT molecular complexity index is 1170. The average Bonchev–Trinajstić information content (AvgIpc) is 3.26. The van der Waals surface area contributed by atoms with E-state index in [9.17, 15) is 4.79 Å². The van der Waals surface area contributed by atoms with E-state index in [1.165, 1.54) is 0 Å². The SMILES string of the molecule is Cc1cc(-c2cn3c(n2)sc2cc(NC(=O)N4CCNCC4)ccc23)ccn1. The molecule has 4 heterocycles. The first-order chi connectivity index (χ1) is 13.7. The van der Waals surface area contributed by atoms with Gasteiger partial charge in [0.05, 0.1) is 15.9 Å². The Morgan fingerprint density at radius 2 is 2.07 bits per heavy atom. The minimum atomic E-state index is -0.0440. The fourth-order valence-electron chi connectivity index (χ4n) is 3.49. The van der Waals surface area contributed by atoms with Crippen LogP contribution in [-0.2, 0) is 0 Å². The third-order valence-corrected chi connectivity index (χ3v) is 5.96. The van der Waals surface area contributed by atoms with Gasteiger partial charge >= 0.3 is 6.03 Å². The summed E-state index contributed by atoms with van der Waals surface area (Å²) in [5, 5.41) is 6.27. The summed E-state index contributed by atoms with van der Waals surface area (Å²) in [7, 11) is 0. The Morgan fingerprint density at radius 3 is 2.89 bits per heavy atom. The standard InChI is InChI=1S/C20H20N6OS/c1-13-10-14(4-5-22-13)16-12-26-17-3-2-15(11-18(17)28-20(26)24-16)23-19(27)25-8-6-21-7-9-25/h2-5,10-12,21H,6-9H2,1H3,(H,23,27). The van der Waals surface area contributed by atoms with Crippen molar-refractivity contribution in [1.82, 2.24) is 24.6 Å². The van der Waals surface area contributed by atoms with Crippen molar-refractivity contribution in [2.75, 3.05) is 31.5 Å². The number of fused-ring (bicyclic) bond motifs is 3. The smallest absolute Gasteiger partial charge is 0.321 e. The third-order valence-electron chi connectivity index (χ3n) is 4.94. The summed E-state index contributed by atoms with van der Waals surface area (Å²) in [5.74, 6) is 0. The number of hydrogen-bond acceptors (Lipinski definition) is 5. The molecule has 3 aromatic heterocycles. The van der Waals surface area contributed by atoms with E-state index in [-0.39, 0.29) is 6.03 Å². The molecule has 1 saturated heterocycles. The van der Waals surface area contributed by atoms with Gasteiger partial charge in [0.15, 0.2) is 4.96 Å². The molecule has 1 aliphatic rings. The molecule has 2 N–H and O–H groups in total. The molecule has 142 valence electrons. The highest BCUT2D eigenvalue weighted by molar-refractivity contribution is 7.23. The van der Waals surface area contributed by atoms with Gasteiger partial charge in [-0.15, -0.1) is 0 Å². The lowest BCUT2D eigenvalue weighted by atomic mass is 10.2. The summed E-state index contributed by atoms with van der Waals surface area (Å²) in [5.41, 5.74) is 4.88. The van der Waals surface area contributed by atoms with E-state index >= 15 is 0 Å². The van der Waals surface area contributed by atoms with Crippen molar-refractivity contribution < 1.29 is 4.79 Å². The number of rotatable bonds is 2. The molecule has 0 aliphatic carbocycles. The molecule has 1 aliphatic heterocycles. The second-order valence-corrected chi connectivity index (χ2v) is 7.93. The molecule has 0 spiro atoms. The van der Waals surface area contributed by atoms with Gasteiger partial charge in [0.25, 0.3) is 0 Å².